The molecule has 1 fully saturated rings. The number of carbonyl (C=O) groups is 5. The summed E-state index contributed by atoms with van der Waals surface area (Å²) in [5.41, 5.74) is 3.07. The van der Waals surface area contributed by atoms with Crippen LogP contribution in [-0.4, -0.2) is 95.7 Å². The van der Waals surface area contributed by atoms with E-state index in [1.165, 1.54) is 18.9 Å². The molecule has 1 aliphatic carbocycles. The monoisotopic (exact) mass is 664 g/mol. The molecule has 5 heterocycles. The molecular weight excluding hydrogens is 632 g/mol. The van der Waals surface area contributed by atoms with Crippen molar-refractivity contribution in [3.8, 4) is 23.3 Å². The Morgan fingerprint density at radius 1 is 1.00 bits per heavy atom. The van der Waals surface area contributed by atoms with E-state index in [9.17, 15) is 29.2 Å². The Morgan fingerprint density at radius 3 is 2.31 bits per heavy atom. The van der Waals surface area contributed by atoms with Crippen LogP contribution in [-0.2, 0) is 25.5 Å². The highest BCUT2D eigenvalue weighted by Crippen LogP contribution is 2.56. The molecule has 1 saturated heterocycles. The summed E-state index contributed by atoms with van der Waals surface area (Å²) in [6.45, 7) is 4.33. The van der Waals surface area contributed by atoms with Crippen molar-refractivity contribution in [1.82, 2.24) is 14.7 Å². The lowest BCUT2D eigenvalue weighted by Crippen LogP contribution is -2.72. The Balaban J connectivity index is 1.37. The predicted octanol–water partition coefficient (Wildman–Crippen LogP) is 2.56. The fourth-order valence-electron chi connectivity index (χ4n) is 8.87. The molecule has 6 aliphatic rings. The van der Waals surface area contributed by atoms with Crippen LogP contribution in [0.4, 0.5) is 0 Å². The molecule has 13 heteroatoms. The highest BCUT2D eigenvalue weighted by Gasteiger charge is 2.59. The third-order valence-electron chi connectivity index (χ3n) is 10.9. The van der Waals surface area contributed by atoms with Crippen LogP contribution in [0.2, 0.25) is 0 Å². The number of Topliss-reactive ketones (excluding diaryl/α,β-unsaturated/α-hetero) is 2. The Labute approximate surface area is 281 Å². The molecule has 0 saturated carbocycles. The van der Waals surface area contributed by atoms with Crippen LogP contribution in [0.1, 0.15) is 63.7 Å². The number of benzene rings is 2. The molecule has 13 nitrogen and oxygen atoms in total. The maximum Gasteiger partial charge on any atom is 0.308 e. The zero-order valence-electron chi connectivity index (χ0n) is 27.5. The molecule has 2 bridgehead atoms. The molecule has 5 atom stereocenters. The van der Waals surface area contributed by atoms with E-state index in [-0.39, 0.29) is 60.2 Å². The average molecular weight is 665 g/mol. The van der Waals surface area contributed by atoms with Gasteiger partial charge < -0.3 is 18.9 Å². The fourth-order valence-corrected chi connectivity index (χ4v) is 8.87. The van der Waals surface area contributed by atoms with Crippen molar-refractivity contribution >= 4 is 29.4 Å². The van der Waals surface area contributed by atoms with E-state index in [0.717, 1.165) is 0 Å². The summed E-state index contributed by atoms with van der Waals surface area (Å²) in [6, 6.07) is 5.51. The van der Waals surface area contributed by atoms with Crippen LogP contribution in [0, 0.1) is 18.3 Å². The minimum absolute atomic E-state index is 0.0249. The molecule has 2 aromatic carbocycles. The van der Waals surface area contributed by atoms with Gasteiger partial charge in [-0.1, -0.05) is 12.1 Å². The van der Waals surface area contributed by atoms with E-state index in [1.54, 1.807) is 38.1 Å². The summed E-state index contributed by atoms with van der Waals surface area (Å²) in [5, 5.41) is 10.9. The molecule has 2 aromatic rings. The highest BCUT2D eigenvalue weighted by atomic mass is 16.7. The van der Waals surface area contributed by atoms with Gasteiger partial charge in [0.15, 0.2) is 23.0 Å². The maximum absolute atomic E-state index is 14.1. The van der Waals surface area contributed by atoms with Crippen LogP contribution < -0.4 is 14.2 Å². The molecule has 0 radical (unpaired) electrons. The van der Waals surface area contributed by atoms with Gasteiger partial charge in [0.05, 0.1) is 36.4 Å². The summed E-state index contributed by atoms with van der Waals surface area (Å²) >= 11 is 0. The zero-order chi connectivity index (χ0) is 34.6. The van der Waals surface area contributed by atoms with Crippen LogP contribution in [0.5, 0.6) is 17.2 Å². The first-order valence-corrected chi connectivity index (χ1v) is 16.0. The number of amides is 2. The van der Waals surface area contributed by atoms with Crippen molar-refractivity contribution in [2.75, 3.05) is 27.5 Å². The van der Waals surface area contributed by atoms with Gasteiger partial charge in [-0.05, 0) is 45.9 Å². The number of ketones is 2. The van der Waals surface area contributed by atoms with E-state index in [0.29, 0.717) is 39.3 Å². The molecule has 0 unspecified atom stereocenters. The average Bonchev–Trinajstić information content (AvgIpc) is 3.66. The number of ether oxygens (including phenoxy) is 4. The summed E-state index contributed by atoms with van der Waals surface area (Å²) in [5.74, 6) is -1.23. The first-order chi connectivity index (χ1) is 23.5. The van der Waals surface area contributed by atoms with Crippen molar-refractivity contribution < 1.29 is 42.9 Å². The number of methoxy groups -OCH3 is 1. The minimum Gasteiger partial charge on any atom is -0.492 e. The van der Waals surface area contributed by atoms with Crippen LogP contribution in [0.25, 0.3) is 0 Å². The molecule has 49 heavy (non-hydrogen) atoms. The van der Waals surface area contributed by atoms with Gasteiger partial charge in [0.2, 0.25) is 12.6 Å². The lowest BCUT2D eigenvalue weighted by molar-refractivity contribution is -0.132. The van der Waals surface area contributed by atoms with Gasteiger partial charge in [-0.25, -0.2) is 0 Å². The number of rotatable bonds is 4. The minimum atomic E-state index is -0.847. The SMILES string of the molecule is COC1=C(C)C(=O)C2=C(C1=O)[C@H]1[C@@H]3Cc4c(OC(C)=O)c(C)c5c(c4[C@H](CN4C(=O)c6ccccc6C4=O)N3[C@@H](C#N)[C@H](C2)N1C)OCO5. The van der Waals surface area contributed by atoms with E-state index < -0.39 is 53.8 Å². The Bertz CT molecular complexity index is 2020. The second kappa shape index (κ2) is 10.8. The number of likely N-dealkylation sites (N-methyl/N-ethyl adjacent to an activating group) is 1. The smallest absolute Gasteiger partial charge is 0.308 e. The number of carbonyl (C=O) groups excluding carboxylic acids is 5. The number of esters is 1. The van der Waals surface area contributed by atoms with Crippen molar-refractivity contribution in [2.45, 2.75) is 63.8 Å². The molecule has 0 spiro atoms. The van der Waals surface area contributed by atoms with Crippen LogP contribution >= 0.6 is 0 Å². The maximum atomic E-state index is 14.1. The van der Waals surface area contributed by atoms with Crippen LogP contribution in [0.15, 0.2) is 46.7 Å². The van der Waals surface area contributed by atoms with Crippen molar-refractivity contribution in [3.05, 3.63) is 74.6 Å². The number of allylic oxidation sites excluding steroid dienone is 2. The molecule has 2 amide bonds. The zero-order valence-corrected chi connectivity index (χ0v) is 27.5. The third kappa shape index (κ3) is 4.07. The van der Waals surface area contributed by atoms with Gasteiger partial charge in [0.25, 0.3) is 11.8 Å². The number of imide groups is 1. The van der Waals surface area contributed by atoms with Gasteiger partial charge in [-0.3, -0.25) is 38.7 Å². The summed E-state index contributed by atoms with van der Waals surface area (Å²) in [6.07, 6.45) is 0.316. The second-order valence-corrected chi connectivity index (χ2v) is 13.2. The molecule has 8 rings (SSSR count). The number of piperazine rings is 1. The largest absolute Gasteiger partial charge is 0.492 e. The lowest BCUT2D eigenvalue weighted by Gasteiger charge is -2.60. The van der Waals surface area contributed by atoms with E-state index >= 15 is 0 Å². The van der Waals surface area contributed by atoms with Gasteiger partial charge in [-0.2, -0.15) is 5.26 Å². The van der Waals surface area contributed by atoms with E-state index in [4.69, 9.17) is 18.9 Å². The second-order valence-electron chi connectivity index (χ2n) is 13.2. The van der Waals surface area contributed by atoms with Gasteiger partial charge in [0, 0.05) is 59.0 Å². The van der Waals surface area contributed by atoms with Gasteiger partial charge in [0.1, 0.15) is 11.8 Å². The third-order valence-corrected chi connectivity index (χ3v) is 10.9. The van der Waals surface area contributed by atoms with E-state index in [2.05, 4.69) is 6.07 Å². The van der Waals surface area contributed by atoms with Crippen molar-refractivity contribution in [3.63, 3.8) is 0 Å². The summed E-state index contributed by atoms with van der Waals surface area (Å²) in [7, 11) is 3.19. The number of fused-ring (bicyclic) bond motifs is 9. The quantitative estimate of drug-likeness (QED) is 0.204. The fraction of sp³-hybridized carbons (Fsp3) is 0.389. The Kier molecular flexibility index (Phi) is 6.86. The standard InChI is InChI=1S/C36H32N4O9/c1-15-29(42)20-10-22-24(12-37)40-23(28(38(22)4)27(20)30(43)32(15)46-5)11-21-26(34-33(47-14-48-34)16(2)31(21)49-17(3)41)25(40)13-39-35(44)18-8-6-7-9-19(18)36(39)45/h6-9,22-25,28H,10-11,13-14H2,1-5H3/t22-,23-,24-,25-,28+/m0/s1. The molecule has 5 aliphatic heterocycles. The van der Waals surface area contributed by atoms with Crippen molar-refractivity contribution in [1.29, 1.82) is 5.26 Å². The molecule has 250 valence electrons. The van der Waals surface area contributed by atoms with Gasteiger partial charge >= 0.3 is 5.97 Å². The molecule has 0 aromatic heterocycles. The lowest BCUT2D eigenvalue weighted by atomic mass is 9.68. The Morgan fingerprint density at radius 2 is 1.67 bits per heavy atom. The molecular formula is C36H32N4O9. The predicted molar refractivity (Wildman–Crippen MR) is 169 cm³/mol. The number of nitriles is 1. The summed E-state index contributed by atoms with van der Waals surface area (Å²) in [4.78, 5) is 73.2. The highest BCUT2D eigenvalue weighted by molar-refractivity contribution is 6.25. The van der Waals surface area contributed by atoms with E-state index in [1.807, 2.05) is 16.8 Å². The Hall–Kier alpha value is -5.32. The van der Waals surface area contributed by atoms with Crippen molar-refractivity contribution in [2.24, 2.45) is 0 Å². The molecule has 0 N–H and O–H groups in total. The van der Waals surface area contributed by atoms with Gasteiger partial charge in [-0.15, -0.1) is 0 Å². The number of hydrogen-bond acceptors (Lipinski definition) is 12. The number of nitrogens with zero attached hydrogens (tertiary/aromatic N) is 4. The topological polar surface area (TPSA) is 156 Å². The number of hydrogen-bond donors (Lipinski definition) is 0. The first-order valence-electron chi connectivity index (χ1n) is 16.0. The summed E-state index contributed by atoms with van der Waals surface area (Å²) < 4.78 is 23.3. The van der Waals surface area contributed by atoms with Crippen LogP contribution in [0.3, 0.4) is 0 Å². The normalized spacial score (nSPS) is 27.1. The first kappa shape index (κ1) is 31.0.